The first-order chi connectivity index (χ1) is 9.47. The Morgan fingerprint density at radius 3 is 2.70 bits per heavy atom. The molecule has 5 heteroatoms. The molecule has 1 fully saturated rings. The second-order valence-corrected chi connectivity index (χ2v) is 6.27. The Balaban J connectivity index is 2.06. The molecule has 0 bridgehead atoms. The molecule has 0 aliphatic heterocycles. The molecule has 1 aliphatic rings. The Morgan fingerprint density at radius 2 is 2.05 bits per heavy atom. The first-order valence-corrected chi connectivity index (χ1v) is 7.70. The Morgan fingerprint density at radius 1 is 1.30 bits per heavy atom. The van der Waals surface area contributed by atoms with Crippen LogP contribution in [0.5, 0.6) is 0 Å². The monoisotopic (exact) mass is 284 g/mol. The molecule has 3 unspecified atom stereocenters. The molecule has 0 aromatic carbocycles. The molecular formula is C15H28N2O3. The standard InChI is InChI=1S/C15H28N2O3/c1-11-4-3-5-13(8-11)6-7-16-15(20)17-10-12(2)9-14(18)19/h11-13H,3-10H2,1-2H3,(H,18,19)(H2,16,17,20). The SMILES string of the molecule is CC(CNC(=O)NCCC1CCCC(C)C1)CC(=O)O. The Bertz CT molecular complexity index is 320. The van der Waals surface area contributed by atoms with Gasteiger partial charge in [-0.15, -0.1) is 0 Å². The molecule has 1 aliphatic carbocycles. The molecule has 3 atom stereocenters. The van der Waals surface area contributed by atoms with E-state index in [1.807, 2.05) is 6.92 Å². The number of amides is 2. The van der Waals surface area contributed by atoms with E-state index in [4.69, 9.17) is 5.11 Å². The van der Waals surface area contributed by atoms with Crippen LogP contribution in [0.15, 0.2) is 0 Å². The van der Waals surface area contributed by atoms with Crippen molar-refractivity contribution in [3.05, 3.63) is 0 Å². The second-order valence-electron chi connectivity index (χ2n) is 6.27. The summed E-state index contributed by atoms with van der Waals surface area (Å²) in [5.74, 6) is 0.688. The largest absolute Gasteiger partial charge is 0.481 e. The van der Waals surface area contributed by atoms with Gasteiger partial charge in [-0.05, 0) is 30.6 Å². The Kier molecular flexibility index (Phi) is 7.41. The molecule has 0 radical (unpaired) electrons. The van der Waals surface area contributed by atoms with E-state index in [-0.39, 0.29) is 18.4 Å². The number of carbonyl (C=O) groups excluding carboxylic acids is 1. The number of carboxylic acid groups (broad SMARTS) is 1. The van der Waals surface area contributed by atoms with E-state index in [2.05, 4.69) is 17.6 Å². The van der Waals surface area contributed by atoms with Crippen LogP contribution in [0.25, 0.3) is 0 Å². The number of hydrogen-bond acceptors (Lipinski definition) is 2. The van der Waals surface area contributed by atoms with Gasteiger partial charge in [0.25, 0.3) is 0 Å². The third-order valence-corrected chi connectivity index (χ3v) is 4.02. The molecular weight excluding hydrogens is 256 g/mol. The van der Waals surface area contributed by atoms with Crippen LogP contribution >= 0.6 is 0 Å². The number of urea groups is 1. The van der Waals surface area contributed by atoms with E-state index in [0.29, 0.717) is 13.1 Å². The predicted molar refractivity (Wildman–Crippen MR) is 78.6 cm³/mol. The molecule has 1 saturated carbocycles. The summed E-state index contributed by atoms with van der Waals surface area (Å²) in [4.78, 5) is 22.1. The van der Waals surface area contributed by atoms with E-state index in [9.17, 15) is 9.59 Å². The van der Waals surface area contributed by atoms with Gasteiger partial charge in [-0.2, -0.15) is 0 Å². The molecule has 0 saturated heterocycles. The Hall–Kier alpha value is -1.26. The van der Waals surface area contributed by atoms with E-state index in [1.165, 1.54) is 25.7 Å². The zero-order valence-corrected chi connectivity index (χ0v) is 12.7. The molecule has 1 rings (SSSR count). The van der Waals surface area contributed by atoms with Crippen LogP contribution in [-0.4, -0.2) is 30.2 Å². The summed E-state index contributed by atoms with van der Waals surface area (Å²) in [6.45, 7) is 5.23. The highest BCUT2D eigenvalue weighted by Crippen LogP contribution is 2.30. The van der Waals surface area contributed by atoms with Crippen molar-refractivity contribution >= 4 is 12.0 Å². The van der Waals surface area contributed by atoms with E-state index in [1.54, 1.807) is 0 Å². The fourth-order valence-electron chi connectivity index (χ4n) is 2.91. The van der Waals surface area contributed by atoms with Crippen molar-refractivity contribution in [1.29, 1.82) is 0 Å². The molecule has 116 valence electrons. The topological polar surface area (TPSA) is 78.4 Å². The maximum atomic E-state index is 11.6. The molecule has 20 heavy (non-hydrogen) atoms. The van der Waals surface area contributed by atoms with Crippen LogP contribution in [-0.2, 0) is 4.79 Å². The highest BCUT2D eigenvalue weighted by molar-refractivity contribution is 5.73. The first kappa shape index (κ1) is 16.8. The normalized spacial score (nSPS) is 23.9. The lowest BCUT2D eigenvalue weighted by Crippen LogP contribution is -2.39. The fourth-order valence-corrected chi connectivity index (χ4v) is 2.91. The van der Waals surface area contributed by atoms with Crippen molar-refractivity contribution in [2.45, 2.75) is 52.4 Å². The van der Waals surface area contributed by atoms with Crippen molar-refractivity contribution in [1.82, 2.24) is 10.6 Å². The van der Waals surface area contributed by atoms with Crippen molar-refractivity contribution in [3.8, 4) is 0 Å². The van der Waals surface area contributed by atoms with Crippen LogP contribution < -0.4 is 10.6 Å². The van der Waals surface area contributed by atoms with Gasteiger partial charge in [0.2, 0.25) is 0 Å². The van der Waals surface area contributed by atoms with Crippen LogP contribution in [0.1, 0.15) is 52.4 Å². The summed E-state index contributed by atoms with van der Waals surface area (Å²) >= 11 is 0. The lowest BCUT2D eigenvalue weighted by Gasteiger charge is -2.26. The average molecular weight is 284 g/mol. The molecule has 0 aromatic rings. The van der Waals surface area contributed by atoms with E-state index >= 15 is 0 Å². The zero-order valence-electron chi connectivity index (χ0n) is 12.7. The van der Waals surface area contributed by atoms with Gasteiger partial charge in [0.05, 0.1) is 0 Å². The zero-order chi connectivity index (χ0) is 15.0. The van der Waals surface area contributed by atoms with Gasteiger partial charge in [0, 0.05) is 19.5 Å². The summed E-state index contributed by atoms with van der Waals surface area (Å²) < 4.78 is 0. The molecule has 0 aromatic heterocycles. The molecule has 3 N–H and O–H groups in total. The lowest BCUT2D eigenvalue weighted by atomic mass is 9.81. The van der Waals surface area contributed by atoms with Crippen molar-refractivity contribution < 1.29 is 14.7 Å². The maximum absolute atomic E-state index is 11.6. The summed E-state index contributed by atoms with van der Waals surface area (Å²) in [7, 11) is 0. The fraction of sp³-hybridized carbons (Fsp3) is 0.867. The minimum Gasteiger partial charge on any atom is -0.481 e. The van der Waals surface area contributed by atoms with Crippen LogP contribution in [0.3, 0.4) is 0 Å². The summed E-state index contributed by atoms with van der Waals surface area (Å²) in [6, 6.07) is -0.189. The van der Waals surface area contributed by atoms with E-state index in [0.717, 1.165) is 18.3 Å². The lowest BCUT2D eigenvalue weighted by molar-refractivity contribution is -0.137. The van der Waals surface area contributed by atoms with Gasteiger partial charge >= 0.3 is 12.0 Å². The van der Waals surface area contributed by atoms with Crippen LogP contribution in [0, 0.1) is 17.8 Å². The van der Waals surface area contributed by atoms with Gasteiger partial charge in [-0.1, -0.05) is 33.1 Å². The summed E-state index contributed by atoms with van der Waals surface area (Å²) in [5.41, 5.74) is 0. The number of rotatable bonds is 7. The van der Waals surface area contributed by atoms with Crippen molar-refractivity contribution in [3.63, 3.8) is 0 Å². The first-order valence-electron chi connectivity index (χ1n) is 7.70. The van der Waals surface area contributed by atoms with Gasteiger partial charge < -0.3 is 15.7 Å². The molecule has 5 nitrogen and oxygen atoms in total. The number of aliphatic carboxylic acids is 1. The molecule has 0 spiro atoms. The number of hydrogen-bond donors (Lipinski definition) is 3. The van der Waals surface area contributed by atoms with Crippen molar-refractivity contribution in [2.24, 2.45) is 17.8 Å². The average Bonchev–Trinajstić information content (AvgIpc) is 2.36. The quantitative estimate of drug-likeness (QED) is 0.672. The maximum Gasteiger partial charge on any atom is 0.314 e. The highest BCUT2D eigenvalue weighted by Gasteiger charge is 2.18. The summed E-state index contributed by atoms with van der Waals surface area (Å²) in [5, 5.41) is 14.2. The van der Waals surface area contributed by atoms with Gasteiger partial charge in [-0.25, -0.2) is 4.79 Å². The van der Waals surface area contributed by atoms with Gasteiger partial charge in [-0.3, -0.25) is 4.79 Å². The van der Waals surface area contributed by atoms with Gasteiger partial charge in [0.1, 0.15) is 0 Å². The predicted octanol–water partition coefficient (Wildman–Crippen LogP) is 2.61. The molecule has 2 amide bonds. The number of carboxylic acids is 1. The van der Waals surface area contributed by atoms with Crippen LogP contribution in [0.2, 0.25) is 0 Å². The third kappa shape index (κ3) is 7.36. The van der Waals surface area contributed by atoms with Crippen LogP contribution in [0.4, 0.5) is 4.79 Å². The summed E-state index contributed by atoms with van der Waals surface area (Å²) in [6.07, 6.45) is 6.33. The third-order valence-electron chi connectivity index (χ3n) is 4.02. The van der Waals surface area contributed by atoms with Crippen molar-refractivity contribution in [2.75, 3.05) is 13.1 Å². The Labute approximate surface area is 121 Å². The minimum atomic E-state index is -0.828. The second kappa shape index (κ2) is 8.82. The molecule has 0 heterocycles. The minimum absolute atomic E-state index is 0.0440. The number of nitrogens with one attached hydrogen (secondary N) is 2. The highest BCUT2D eigenvalue weighted by atomic mass is 16.4. The van der Waals surface area contributed by atoms with Gasteiger partial charge in [0.15, 0.2) is 0 Å². The number of carbonyl (C=O) groups is 2. The van der Waals surface area contributed by atoms with E-state index < -0.39 is 5.97 Å². The smallest absolute Gasteiger partial charge is 0.314 e.